The van der Waals surface area contributed by atoms with Crippen LogP contribution >= 0.6 is 0 Å². The highest BCUT2D eigenvalue weighted by molar-refractivity contribution is 5.69. The topological polar surface area (TPSA) is 55.8 Å². The molecule has 0 aromatic rings. The van der Waals surface area contributed by atoms with Crippen molar-refractivity contribution in [2.75, 3.05) is 19.8 Å². The van der Waals surface area contributed by atoms with Crippen LogP contribution in [0.15, 0.2) is 60.8 Å². The molecule has 0 aliphatic heterocycles. The zero-order chi connectivity index (χ0) is 36.3. The number of carbonyl (C=O) groups is 1. The maximum absolute atomic E-state index is 12.2. The third-order valence-electron chi connectivity index (χ3n) is 9.08. The van der Waals surface area contributed by atoms with E-state index in [1.807, 2.05) is 0 Å². The van der Waals surface area contributed by atoms with Gasteiger partial charge in [0.2, 0.25) is 0 Å². The average Bonchev–Trinajstić information content (AvgIpc) is 3.12. The van der Waals surface area contributed by atoms with Crippen LogP contribution in [0, 0.1) is 0 Å². The predicted molar refractivity (Wildman–Crippen MR) is 219 cm³/mol. The third kappa shape index (κ3) is 40.5. The third-order valence-corrected chi connectivity index (χ3v) is 9.08. The summed E-state index contributed by atoms with van der Waals surface area (Å²) >= 11 is 0. The van der Waals surface area contributed by atoms with E-state index < -0.39 is 6.10 Å². The van der Waals surface area contributed by atoms with Gasteiger partial charge in [-0.25, -0.2) is 0 Å². The van der Waals surface area contributed by atoms with Crippen molar-refractivity contribution in [2.45, 2.75) is 206 Å². The van der Waals surface area contributed by atoms with Gasteiger partial charge in [-0.3, -0.25) is 4.79 Å². The van der Waals surface area contributed by atoms with Crippen LogP contribution in [0.2, 0.25) is 0 Å². The highest BCUT2D eigenvalue weighted by atomic mass is 16.6. The molecule has 1 unspecified atom stereocenters. The highest BCUT2D eigenvalue weighted by Gasteiger charge is 2.13. The van der Waals surface area contributed by atoms with Crippen LogP contribution in [-0.2, 0) is 14.3 Å². The molecule has 0 heterocycles. The van der Waals surface area contributed by atoms with Crippen molar-refractivity contribution in [3.8, 4) is 0 Å². The van der Waals surface area contributed by atoms with Gasteiger partial charge < -0.3 is 14.6 Å². The summed E-state index contributed by atoms with van der Waals surface area (Å²) in [6, 6.07) is 0. The van der Waals surface area contributed by atoms with Gasteiger partial charge in [-0.05, 0) is 77.0 Å². The van der Waals surface area contributed by atoms with Crippen molar-refractivity contribution in [1.82, 2.24) is 0 Å². The lowest BCUT2D eigenvalue weighted by atomic mass is 10.1. The largest absolute Gasteiger partial charge is 0.457 e. The van der Waals surface area contributed by atoms with E-state index in [1.165, 1.54) is 135 Å². The summed E-state index contributed by atoms with van der Waals surface area (Å²) in [5.74, 6) is -0.212. The number of carbonyl (C=O) groups excluding carboxylic acids is 1. The van der Waals surface area contributed by atoms with E-state index in [0.717, 1.165) is 44.9 Å². The molecule has 0 spiro atoms. The molecule has 0 aliphatic carbocycles. The van der Waals surface area contributed by atoms with Crippen LogP contribution in [0.4, 0.5) is 0 Å². The maximum atomic E-state index is 12.2. The number of hydrogen-bond donors (Lipinski definition) is 1. The normalized spacial score (nSPS) is 12.9. The molecule has 50 heavy (non-hydrogen) atoms. The first-order chi connectivity index (χ1) is 24.7. The van der Waals surface area contributed by atoms with Crippen molar-refractivity contribution in [3.05, 3.63) is 60.8 Å². The van der Waals surface area contributed by atoms with Crippen LogP contribution in [0.3, 0.4) is 0 Å². The molecule has 0 bridgehead atoms. The highest BCUT2D eigenvalue weighted by Crippen LogP contribution is 2.13. The van der Waals surface area contributed by atoms with Crippen molar-refractivity contribution in [2.24, 2.45) is 0 Å². The second-order valence-electron chi connectivity index (χ2n) is 14.0. The first kappa shape index (κ1) is 48.1. The van der Waals surface area contributed by atoms with E-state index in [-0.39, 0.29) is 19.2 Å². The number of aliphatic hydroxyl groups is 1. The summed E-state index contributed by atoms with van der Waals surface area (Å²) in [6.45, 7) is 5.21. The molecule has 0 radical (unpaired) electrons. The second-order valence-corrected chi connectivity index (χ2v) is 14.0. The molecule has 0 saturated heterocycles. The molecule has 4 nitrogen and oxygen atoms in total. The lowest BCUT2D eigenvalue weighted by molar-refractivity contribution is -0.154. The summed E-state index contributed by atoms with van der Waals surface area (Å²) in [4.78, 5) is 12.2. The molecule has 290 valence electrons. The van der Waals surface area contributed by atoms with E-state index in [2.05, 4.69) is 74.6 Å². The van der Waals surface area contributed by atoms with Gasteiger partial charge in [0, 0.05) is 13.0 Å². The first-order valence-electron chi connectivity index (χ1n) is 21.4. The predicted octanol–water partition coefficient (Wildman–Crippen LogP) is 14.0. The molecule has 1 atom stereocenters. The molecule has 0 aromatic carbocycles. The minimum absolute atomic E-state index is 0.179. The Morgan fingerprint density at radius 3 is 1.38 bits per heavy atom. The van der Waals surface area contributed by atoms with Crippen molar-refractivity contribution < 1.29 is 19.4 Å². The van der Waals surface area contributed by atoms with Gasteiger partial charge in [0.15, 0.2) is 0 Å². The number of aliphatic hydroxyl groups excluding tert-OH is 1. The van der Waals surface area contributed by atoms with Crippen LogP contribution in [-0.4, -0.2) is 37.0 Å². The van der Waals surface area contributed by atoms with Gasteiger partial charge in [-0.15, -0.1) is 0 Å². The van der Waals surface area contributed by atoms with Gasteiger partial charge in [0.1, 0.15) is 6.10 Å². The van der Waals surface area contributed by atoms with Crippen molar-refractivity contribution in [1.29, 1.82) is 0 Å². The second kappa shape index (κ2) is 43.3. The van der Waals surface area contributed by atoms with Gasteiger partial charge >= 0.3 is 5.97 Å². The zero-order valence-electron chi connectivity index (χ0n) is 33.2. The van der Waals surface area contributed by atoms with Crippen LogP contribution in [0.25, 0.3) is 0 Å². The Labute approximate surface area is 311 Å². The zero-order valence-corrected chi connectivity index (χ0v) is 33.2. The molecule has 4 heteroatoms. The molecule has 0 amide bonds. The number of esters is 1. The fourth-order valence-corrected chi connectivity index (χ4v) is 5.90. The maximum Gasteiger partial charge on any atom is 0.306 e. The summed E-state index contributed by atoms with van der Waals surface area (Å²) in [5.41, 5.74) is 0. The van der Waals surface area contributed by atoms with Crippen LogP contribution in [0.5, 0.6) is 0 Å². The van der Waals surface area contributed by atoms with Crippen molar-refractivity contribution in [3.63, 3.8) is 0 Å². The van der Waals surface area contributed by atoms with E-state index in [9.17, 15) is 9.90 Å². The molecule has 0 saturated carbocycles. The lowest BCUT2D eigenvalue weighted by Gasteiger charge is -2.15. The number of unbranched alkanes of at least 4 members (excludes halogenated alkanes) is 21. The van der Waals surface area contributed by atoms with Gasteiger partial charge in [0.05, 0.1) is 13.2 Å². The van der Waals surface area contributed by atoms with Gasteiger partial charge in [-0.2, -0.15) is 0 Å². The van der Waals surface area contributed by atoms with E-state index in [1.54, 1.807) is 0 Å². The van der Waals surface area contributed by atoms with E-state index in [0.29, 0.717) is 13.0 Å². The Morgan fingerprint density at radius 2 is 0.900 bits per heavy atom. The molecular formula is C46H82O4. The monoisotopic (exact) mass is 699 g/mol. The van der Waals surface area contributed by atoms with Gasteiger partial charge in [0.25, 0.3) is 0 Å². The Bertz CT molecular complexity index is 824. The summed E-state index contributed by atoms with van der Waals surface area (Å²) < 4.78 is 11.2. The number of allylic oxidation sites excluding steroid dienone is 10. The molecule has 1 N–H and O–H groups in total. The summed E-state index contributed by atoms with van der Waals surface area (Å²) in [6.07, 6.45) is 57.1. The van der Waals surface area contributed by atoms with Crippen molar-refractivity contribution >= 4 is 5.97 Å². The van der Waals surface area contributed by atoms with E-state index >= 15 is 0 Å². The Morgan fingerprint density at radius 1 is 0.500 bits per heavy atom. The molecule has 0 aliphatic rings. The molecule has 0 fully saturated rings. The van der Waals surface area contributed by atoms with Crippen LogP contribution in [0.1, 0.15) is 200 Å². The quantitative estimate of drug-likeness (QED) is 0.0394. The smallest absolute Gasteiger partial charge is 0.306 e. The Kier molecular flexibility index (Phi) is 41.6. The lowest BCUT2D eigenvalue weighted by Crippen LogP contribution is -2.27. The number of hydrogen-bond acceptors (Lipinski definition) is 4. The average molecular weight is 699 g/mol. The fraction of sp³-hybridized carbons (Fsp3) is 0.761. The standard InChI is InChI=1S/C46H82O4/c1-3-5-7-9-11-13-15-17-19-21-22-23-24-25-26-28-30-32-34-36-38-40-42-49-44-45(43-47)50-46(48)41-39-37-35-33-31-29-27-20-18-16-14-12-10-8-6-4-2/h5,7,11,13,17,19-20,22-23,27,45,47H,3-4,6,8-10,12,14-16,18,21,24-26,28-44H2,1-2H3/b7-5-,13-11-,19-17-,23-22-,27-20-. The molecule has 0 aromatic heterocycles. The van der Waals surface area contributed by atoms with Crippen LogP contribution < -0.4 is 0 Å². The van der Waals surface area contributed by atoms with E-state index in [4.69, 9.17) is 9.47 Å². The van der Waals surface area contributed by atoms with Gasteiger partial charge in [-0.1, -0.05) is 177 Å². The number of ether oxygens (including phenoxy) is 2. The minimum atomic E-state index is -0.543. The summed E-state index contributed by atoms with van der Waals surface area (Å²) in [5, 5.41) is 9.60. The number of rotatable bonds is 39. The summed E-state index contributed by atoms with van der Waals surface area (Å²) in [7, 11) is 0. The minimum Gasteiger partial charge on any atom is -0.457 e. The SMILES string of the molecule is CC/C=C\C/C=C\C/C=C\C/C=C\CCCCCCCCCCCOCC(CO)OC(=O)CCCCCCC/C=C\CCCCCCCCC. The Hall–Kier alpha value is -1.91. The first-order valence-corrected chi connectivity index (χ1v) is 21.4. The molecular weight excluding hydrogens is 617 g/mol. The fourth-order valence-electron chi connectivity index (χ4n) is 5.90. The molecule has 0 rings (SSSR count). The Balaban J connectivity index is 3.46.